The Kier molecular flexibility index (Phi) is 3.92. The number of amides is 1. The molecule has 0 aromatic heterocycles. The van der Waals surface area contributed by atoms with Gasteiger partial charge in [0.05, 0.1) is 5.92 Å². The zero-order valence-corrected chi connectivity index (χ0v) is 9.39. The Morgan fingerprint density at radius 1 is 1.40 bits per heavy atom. The van der Waals surface area contributed by atoms with Crippen molar-refractivity contribution in [3.8, 4) is 0 Å². The number of thiol groups is 2. The van der Waals surface area contributed by atoms with Crippen molar-refractivity contribution in [1.82, 2.24) is 5.32 Å². The van der Waals surface area contributed by atoms with Crippen LogP contribution >= 0.6 is 25.3 Å². The Bertz CT molecular complexity index is 334. The number of β-lactam (4-membered cyclic amide) rings is 1. The molecule has 0 aliphatic carbocycles. The first-order valence-electron chi connectivity index (χ1n) is 4.20. The van der Waals surface area contributed by atoms with Crippen LogP contribution in [0.25, 0.3) is 0 Å². The number of hydrogen-bond acceptors (Lipinski definition) is 4. The molecule has 0 radical (unpaired) electrons. The van der Waals surface area contributed by atoms with Gasteiger partial charge in [0, 0.05) is 18.9 Å². The molecule has 1 fully saturated rings. The average Bonchev–Trinajstić information content (AvgIpc) is 2.07. The van der Waals surface area contributed by atoms with Crippen LogP contribution in [0.2, 0.25) is 0 Å². The van der Waals surface area contributed by atoms with E-state index in [1.54, 1.807) is 0 Å². The van der Waals surface area contributed by atoms with Gasteiger partial charge < -0.3 is 5.32 Å². The summed E-state index contributed by atoms with van der Waals surface area (Å²) in [5, 5.41) is 1.05. The lowest BCUT2D eigenvalue weighted by Gasteiger charge is -2.32. The second-order valence-corrected chi connectivity index (χ2v) is 4.16. The number of carbonyl (C=O) groups excluding carboxylic acids is 4. The van der Waals surface area contributed by atoms with Gasteiger partial charge in [0.15, 0.2) is 5.12 Å². The Labute approximate surface area is 96.8 Å². The highest BCUT2D eigenvalue weighted by Gasteiger charge is 2.39. The number of ketones is 1. The smallest absolute Gasteiger partial charge is 0.252 e. The van der Waals surface area contributed by atoms with Crippen LogP contribution in [0.4, 0.5) is 0 Å². The van der Waals surface area contributed by atoms with E-state index in [0.717, 1.165) is 0 Å². The van der Waals surface area contributed by atoms with Gasteiger partial charge in [0.25, 0.3) is 5.12 Å². The van der Waals surface area contributed by atoms with Crippen LogP contribution in [0.5, 0.6) is 0 Å². The number of rotatable bonds is 5. The minimum absolute atomic E-state index is 0.151. The van der Waals surface area contributed by atoms with Crippen molar-refractivity contribution in [3.05, 3.63) is 0 Å². The predicted octanol–water partition coefficient (Wildman–Crippen LogP) is -0.637. The van der Waals surface area contributed by atoms with Gasteiger partial charge in [-0.2, -0.15) is 0 Å². The highest BCUT2D eigenvalue weighted by atomic mass is 32.1. The zero-order valence-electron chi connectivity index (χ0n) is 7.60. The molecule has 82 valence electrons. The fourth-order valence-corrected chi connectivity index (χ4v) is 1.76. The Hall–Kier alpha value is -0.820. The molecule has 5 nitrogen and oxygen atoms in total. The molecular formula is C8H9NO4S2. The second kappa shape index (κ2) is 4.80. The van der Waals surface area contributed by atoms with Crippen molar-refractivity contribution in [2.75, 3.05) is 0 Å². The van der Waals surface area contributed by atoms with E-state index >= 15 is 0 Å². The third kappa shape index (κ3) is 3.07. The van der Waals surface area contributed by atoms with E-state index < -0.39 is 28.0 Å². The number of nitrogens with one attached hydrogen (secondary N) is 1. The van der Waals surface area contributed by atoms with Crippen molar-refractivity contribution in [2.45, 2.75) is 18.9 Å². The van der Waals surface area contributed by atoms with Crippen molar-refractivity contribution >= 4 is 47.2 Å². The van der Waals surface area contributed by atoms with Gasteiger partial charge in [-0.05, 0) is 0 Å². The van der Waals surface area contributed by atoms with Gasteiger partial charge in [0.1, 0.15) is 0 Å². The Morgan fingerprint density at radius 3 is 2.27 bits per heavy atom. The number of Topliss-reactive ketones (excluding diaryl/α,β-unsaturated/α-hetero) is 1. The molecule has 0 spiro atoms. The van der Waals surface area contributed by atoms with Gasteiger partial charge >= 0.3 is 0 Å². The molecule has 1 aliphatic heterocycles. The van der Waals surface area contributed by atoms with E-state index in [2.05, 4.69) is 30.6 Å². The first-order valence-corrected chi connectivity index (χ1v) is 5.09. The minimum atomic E-state index is -0.907. The summed E-state index contributed by atoms with van der Waals surface area (Å²) in [6.07, 6.45) is -0.0162. The van der Waals surface area contributed by atoms with Crippen molar-refractivity contribution < 1.29 is 19.2 Å². The molecule has 1 rings (SSSR count). The predicted molar refractivity (Wildman–Crippen MR) is 57.6 cm³/mol. The molecule has 2 unspecified atom stereocenters. The molecule has 0 saturated carbocycles. The average molecular weight is 247 g/mol. The van der Waals surface area contributed by atoms with Crippen LogP contribution in [-0.2, 0) is 19.2 Å². The standard InChI is InChI=1S/C8H9NO4S2/c10-5-2-4(9-5)3(1-6(11)14)7(12)8(13)15/h3-4H,1-2H2,(H,9,10)(H,11,14)(H,13,15). The lowest BCUT2D eigenvalue weighted by Crippen LogP contribution is -2.55. The molecule has 7 heteroatoms. The fraction of sp³-hybridized carbons (Fsp3) is 0.500. The van der Waals surface area contributed by atoms with Crippen molar-refractivity contribution in [3.63, 3.8) is 0 Å². The molecule has 0 bridgehead atoms. The summed E-state index contributed by atoms with van der Waals surface area (Å²) in [6, 6.07) is -0.447. The van der Waals surface area contributed by atoms with E-state index in [0.29, 0.717) is 0 Å². The van der Waals surface area contributed by atoms with Gasteiger partial charge in [0.2, 0.25) is 11.7 Å². The van der Waals surface area contributed by atoms with Gasteiger partial charge in [-0.1, -0.05) is 12.6 Å². The summed E-state index contributed by atoms with van der Waals surface area (Å²) in [7, 11) is 0. The summed E-state index contributed by atoms with van der Waals surface area (Å²) < 4.78 is 0. The van der Waals surface area contributed by atoms with Crippen LogP contribution in [0.15, 0.2) is 0 Å². The van der Waals surface area contributed by atoms with E-state index in [1.165, 1.54) is 0 Å². The van der Waals surface area contributed by atoms with E-state index in [4.69, 9.17) is 0 Å². The van der Waals surface area contributed by atoms with Crippen LogP contribution in [0.1, 0.15) is 12.8 Å². The van der Waals surface area contributed by atoms with E-state index in [-0.39, 0.29) is 18.7 Å². The molecule has 15 heavy (non-hydrogen) atoms. The third-order valence-corrected chi connectivity index (χ3v) is 2.58. The Balaban J connectivity index is 2.69. The first-order chi connectivity index (χ1) is 6.91. The summed E-state index contributed by atoms with van der Waals surface area (Å²) in [5.74, 6) is -1.79. The monoisotopic (exact) mass is 247 g/mol. The highest BCUT2D eigenvalue weighted by Crippen LogP contribution is 2.21. The van der Waals surface area contributed by atoms with Crippen LogP contribution in [-0.4, -0.2) is 28.0 Å². The largest absolute Gasteiger partial charge is 0.352 e. The molecule has 1 amide bonds. The first kappa shape index (κ1) is 12.3. The minimum Gasteiger partial charge on any atom is -0.352 e. The lowest BCUT2D eigenvalue weighted by molar-refractivity contribution is -0.139. The van der Waals surface area contributed by atoms with E-state index in [1.807, 2.05) is 0 Å². The third-order valence-electron chi connectivity index (χ3n) is 2.18. The molecule has 1 heterocycles. The summed E-state index contributed by atoms with van der Waals surface area (Å²) in [6.45, 7) is 0. The SMILES string of the molecule is O=C(S)CC(C(=O)C(=O)S)C1CC(=O)N1. The maximum absolute atomic E-state index is 11.4. The maximum atomic E-state index is 11.4. The van der Waals surface area contributed by atoms with Crippen LogP contribution in [0, 0.1) is 5.92 Å². The van der Waals surface area contributed by atoms with Gasteiger partial charge in [-0.25, -0.2) is 0 Å². The zero-order chi connectivity index (χ0) is 11.6. The molecule has 1 saturated heterocycles. The molecule has 2 atom stereocenters. The topological polar surface area (TPSA) is 80.3 Å². The van der Waals surface area contributed by atoms with Crippen LogP contribution in [0.3, 0.4) is 0 Å². The molecular weight excluding hydrogens is 238 g/mol. The molecule has 0 aromatic rings. The van der Waals surface area contributed by atoms with Gasteiger partial charge in [-0.3, -0.25) is 19.2 Å². The highest BCUT2D eigenvalue weighted by molar-refractivity contribution is 7.98. The normalized spacial score (nSPS) is 21.2. The molecule has 1 aliphatic rings. The molecule has 1 N–H and O–H groups in total. The number of carbonyl (C=O) groups is 4. The van der Waals surface area contributed by atoms with Gasteiger partial charge in [-0.15, -0.1) is 12.6 Å². The quantitative estimate of drug-likeness (QED) is 0.343. The fourth-order valence-electron chi connectivity index (χ4n) is 1.39. The summed E-state index contributed by atoms with van der Waals surface area (Å²) in [5.41, 5.74) is 0. The van der Waals surface area contributed by atoms with Crippen molar-refractivity contribution in [2.24, 2.45) is 5.92 Å². The van der Waals surface area contributed by atoms with Crippen molar-refractivity contribution in [1.29, 1.82) is 0 Å². The number of hydrogen-bond donors (Lipinski definition) is 3. The summed E-state index contributed by atoms with van der Waals surface area (Å²) in [4.78, 5) is 43.5. The second-order valence-electron chi connectivity index (χ2n) is 3.25. The summed E-state index contributed by atoms with van der Waals surface area (Å²) >= 11 is 6.94. The Morgan fingerprint density at radius 2 is 1.93 bits per heavy atom. The van der Waals surface area contributed by atoms with E-state index in [9.17, 15) is 19.2 Å². The maximum Gasteiger partial charge on any atom is 0.252 e. The van der Waals surface area contributed by atoms with Crippen LogP contribution < -0.4 is 5.32 Å². The molecule has 0 aromatic carbocycles. The lowest BCUT2D eigenvalue weighted by atomic mass is 9.86.